The standard InChI is InChI=1S/C10H6Cl2N2O2/c11-8-7(2-1-4-13-8)14-10(15)6-3-5-16-9(6)12/h1-5H,(H,14,15). The molecule has 0 aliphatic carbocycles. The molecule has 0 spiro atoms. The van der Waals surface area contributed by atoms with Crippen LogP contribution in [0.15, 0.2) is 35.1 Å². The fourth-order valence-electron chi connectivity index (χ4n) is 1.12. The minimum Gasteiger partial charge on any atom is -0.452 e. The molecule has 0 aliphatic rings. The lowest BCUT2D eigenvalue weighted by atomic mass is 10.3. The third-order valence-electron chi connectivity index (χ3n) is 1.87. The van der Waals surface area contributed by atoms with Crippen molar-refractivity contribution in [2.75, 3.05) is 5.32 Å². The fourth-order valence-corrected chi connectivity index (χ4v) is 1.49. The molecule has 16 heavy (non-hydrogen) atoms. The molecule has 1 N–H and O–H groups in total. The summed E-state index contributed by atoms with van der Waals surface area (Å²) in [7, 11) is 0. The van der Waals surface area contributed by atoms with E-state index in [2.05, 4.69) is 10.3 Å². The van der Waals surface area contributed by atoms with Gasteiger partial charge in [0, 0.05) is 6.20 Å². The maximum atomic E-state index is 11.7. The van der Waals surface area contributed by atoms with Crippen molar-refractivity contribution >= 4 is 34.8 Å². The summed E-state index contributed by atoms with van der Waals surface area (Å²) < 4.78 is 4.81. The Morgan fingerprint density at radius 3 is 2.81 bits per heavy atom. The van der Waals surface area contributed by atoms with Crippen molar-refractivity contribution in [3.05, 3.63) is 46.6 Å². The molecule has 0 fully saturated rings. The molecule has 0 atom stereocenters. The number of aromatic nitrogens is 1. The van der Waals surface area contributed by atoms with Gasteiger partial charge in [0.2, 0.25) is 5.22 Å². The van der Waals surface area contributed by atoms with E-state index < -0.39 is 5.91 Å². The summed E-state index contributed by atoms with van der Waals surface area (Å²) in [5, 5.41) is 2.83. The molecule has 0 saturated heterocycles. The van der Waals surface area contributed by atoms with Gasteiger partial charge in [-0.05, 0) is 29.8 Å². The fraction of sp³-hybridized carbons (Fsp3) is 0. The predicted molar refractivity (Wildman–Crippen MR) is 60.9 cm³/mol. The highest BCUT2D eigenvalue weighted by atomic mass is 35.5. The largest absolute Gasteiger partial charge is 0.452 e. The zero-order valence-electron chi connectivity index (χ0n) is 7.91. The monoisotopic (exact) mass is 256 g/mol. The first-order chi connectivity index (χ1) is 7.68. The topological polar surface area (TPSA) is 55.1 Å². The van der Waals surface area contributed by atoms with Crippen molar-refractivity contribution < 1.29 is 9.21 Å². The molecule has 0 aliphatic heterocycles. The Balaban J connectivity index is 2.21. The van der Waals surface area contributed by atoms with Crippen molar-refractivity contribution in [2.24, 2.45) is 0 Å². The third-order valence-corrected chi connectivity index (χ3v) is 2.46. The SMILES string of the molecule is O=C(Nc1cccnc1Cl)c1ccoc1Cl. The number of amides is 1. The van der Waals surface area contributed by atoms with E-state index in [-0.39, 0.29) is 15.9 Å². The Morgan fingerprint density at radius 1 is 1.38 bits per heavy atom. The van der Waals surface area contributed by atoms with E-state index in [9.17, 15) is 4.79 Å². The zero-order valence-corrected chi connectivity index (χ0v) is 9.42. The Morgan fingerprint density at radius 2 is 2.19 bits per heavy atom. The highest BCUT2D eigenvalue weighted by molar-refractivity contribution is 6.34. The number of hydrogen-bond donors (Lipinski definition) is 1. The molecule has 82 valence electrons. The smallest absolute Gasteiger partial charge is 0.260 e. The van der Waals surface area contributed by atoms with Gasteiger partial charge in [-0.1, -0.05) is 11.6 Å². The van der Waals surface area contributed by atoms with Gasteiger partial charge in [-0.25, -0.2) is 4.98 Å². The average Bonchev–Trinajstić information content (AvgIpc) is 2.68. The summed E-state index contributed by atoms with van der Waals surface area (Å²) in [6, 6.07) is 4.78. The lowest BCUT2D eigenvalue weighted by molar-refractivity contribution is 0.102. The minimum absolute atomic E-state index is 0.0394. The summed E-state index contributed by atoms with van der Waals surface area (Å²) >= 11 is 11.5. The first-order valence-electron chi connectivity index (χ1n) is 4.33. The Bertz CT molecular complexity index is 525. The number of nitrogens with one attached hydrogen (secondary N) is 1. The van der Waals surface area contributed by atoms with Crippen LogP contribution in [-0.2, 0) is 0 Å². The summed E-state index contributed by atoms with van der Waals surface area (Å²) in [5.74, 6) is -0.395. The summed E-state index contributed by atoms with van der Waals surface area (Å²) in [5.41, 5.74) is 0.674. The van der Waals surface area contributed by atoms with Crippen LogP contribution in [0.5, 0.6) is 0 Å². The van der Waals surface area contributed by atoms with Crippen LogP contribution >= 0.6 is 23.2 Å². The maximum absolute atomic E-state index is 11.7. The Hall–Kier alpha value is -1.52. The predicted octanol–water partition coefficient (Wildman–Crippen LogP) is 3.23. The average molecular weight is 257 g/mol. The number of rotatable bonds is 2. The highest BCUT2D eigenvalue weighted by Crippen LogP contribution is 2.21. The second-order valence-electron chi connectivity index (χ2n) is 2.90. The molecule has 1 amide bonds. The van der Waals surface area contributed by atoms with Crippen molar-refractivity contribution in [1.82, 2.24) is 4.98 Å². The minimum atomic E-state index is -0.395. The van der Waals surface area contributed by atoms with E-state index >= 15 is 0 Å². The van der Waals surface area contributed by atoms with Gasteiger partial charge in [0.1, 0.15) is 0 Å². The number of furan rings is 1. The van der Waals surface area contributed by atoms with Gasteiger partial charge in [0.05, 0.1) is 17.5 Å². The molecule has 2 heterocycles. The van der Waals surface area contributed by atoms with E-state index in [4.69, 9.17) is 27.6 Å². The maximum Gasteiger partial charge on any atom is 0.260 e. The van der Waals surface area contributed by atoms with E-state index in [0.717, 1.165) is 0 Å². The first kappa shape index (κ1) is 11.0. The lowest BCUT2D eigenvalue weighted by Crippen LogP contribution is -2.11. The molecular formula is C10H6Cl2N2O2. The van der Waals surface area contributed by atoms with Crippen LogP contribution in [-0.4, -0.2) is 10.9 Å². The van der Waals surface area contributed by atoms with Crippen LogP contribution in [0.4, 0.5) is 5.69 Å². The molecule has 2 aromatic rings. The molecular weight excluding hydrogens is 251 g/mol. The van der Waals surface area contributed by atoms with Gasteiger partial charge < -0.3 is 9.73 Å². The van der Waals surface area contributed by atoms with Gasteiger partial charge in [0.15, 0.2) is 5.15 Å². The van der Waals surface area contributed by atoms with Crippen LogP contribution in [0.2, 0.25) is 10.4 Å². The second kappa shape index (κ2) is 4.55. The van der Waals surface area contributed by atoms with Crippen LogP contribution in [0.25, 0.3) is 0 Å². The summed E-state index contributed by atoms with van der Waals surface area (Å²) in [4.78, 5) is 15.5. The number of halogens is 2. The molecule has 4 nitrogen and oxygen atoms in total. The van der Waals surface area contributed by atoms with Crippen molar-refractivity contribution in [3.8, 4) is 0 Å². The normalized spacial score (nSPS) is 10.1. The number of carbonyl (C=O) groups is 1. The van der Waals surface area contributed by atoms with Gasteiger partial charge in [0.25, 0.3) is 5.91 Å². The molecule has 0 saturated carbocycles. The first-order valence-corrected chi connectivity index (χ1v) is 5.09. The molecule has 0 unspecified atom stereocenters. The molecule has 0 radical (unpaired) electrons. The van der Waals surface area contributed by atoms with Crippen LogP contribution < -0.4 is 5.32 Å². The van der Waals surface area contributed by atoms with Crippen LogP contribution in [0, 0.1) is 0 Å². The van der Waals surface area contributed by atoms with E-state index in [1.807, 2.05) is 0 Å². The third kappa shape index (κ3) is 2.18. The second-order valence-corrected chi connectivity index (χ2v) is 3.61. The van der Waals surface area contributed by atoms with Crippen LogP contribution in [0.3, 0.4) is 0 Å². The molecule has 0 aromatic carbocycles. The quantitative estimate of drug-likeness (QED) is 0.840. The van der Waals surface area contributed by atoms with E-state index in [1.165, 1.54) is 18.5 Å². The number of pyridine rings is 1. The van der Waals surface area contributed by atoms with Crippen LogP contribution in [0.1, 0.15) is 10.4 Å². The number of nitrogens with zero attached hydrogens (tertiary/aromatic N) is 1. The van der Waals surface area contributed by atoms with Gasteiger partial charge in [-0.3, -0.25) is 4.79 Å². The Kier molecular flexibility index (Phi) is 3.12. The molecule has 0 bridgehead atoms. The number of hydrogen-bond acceptors (Lipinski definition) is 3. The van der Waals surface area contributed by atoms with Gasteiger partial charge in [-0.15, -0.1) is 0 Å². The zero-order chi connectivity index (χ0) is 11.5. The van der Waals surface area contributed by atoms with E-state index in [0.29, 0.717) is 5.69 Å². The van der Waals surface area contributed by atoms with Crippen molar-refractivity contribution in [1.29, 1.82) is 0 Å². The van der Waals surface area contributed by atoms with Gasteiger partial charge >= 0.3 is 0 Å². The summed E-state index contributed by atoms with van der Waals surface area (Å²) in [6.07, 6.45) is 2.87. The Labute approximate surface area is 101 Å². The van der Waals surface area contributed by atoms with Gasteiger partial charge in [-0.2, -0.15) is 0 Å². The van der Waals surface area contributed by atoms with E-state index in [1.54, 1.807) is 12.1 Å². The van der Waals surface area contributed by atoms with Crippen molar-refractivity contribution in [2.45, 2.75) is 0 Å². The number of carbonyl (C=O) groups excluding carboxylic acids is 1. The lowest BCUT2D eigenvalue weighted by Gasteiger charge is -2.04. The van der Waals surface area contributed by atoms with Crippen molar-refractivity contribution in [3.63, 3.8) is 0 Å². The number of anilines is 1. The summed E-state index contributed by atoms with van der Waals surface area (Å²) in [6.45, 7) is 0. The molecule has 2 aromatic heterocycles. The molecule has 6 heteroatoms. The highest BCUT2D eigenvalue weighted by Gasteiger charge is 2.14. The molecule has 2 rings (SSSR count).